The van der Waals surface area contributed by atoms with Crippen molar-refractivity contribution in [3.8, 4) is 5.69 Å². The summed E-state index contributed by atoms with van der Waals surface area (Å²) in [6, 6.07) is 8.03. The maximum Gasteiger partial charge on any atom is 0.257 e. The van der Waals surface area contributed by atoms with E-state index in [2.05, 4.69) is 10.4 Å². The van der Waals surface area contributed by atoms with E-state index in [1.807, 2.05) is 49.3 Å². The molecule has 1 aliphatic rings. The second-order valence-corrected chi connectivity index (χ2v) is 5.92. The molecule has 0 saturated carbocycles. The molecule has 1 N–H and O–H groups in total. The molecule has 5 nitrogen and oxygen atoms in total. The van der Waals surface area contributed by atoms with Crippen LogP contribution in [0.25, 0.3) is 5.69 Å². The van der Waals surface area contributed by atoms with Crippen molar-refractivity contribution in [2.45, 2.75) is 13.3 Å². The Morgan fingerprint density at radius 3 is 3.00 bits per heavy atom. The lowest BCUT2D eigenvalue weighted by Crippen LogP contribution is -2.30. The van der Waals surface area contributed by atoms with Gasteiger partial charge in [-0.1, -0.05) is 18.2 Å². The largest absolute Gasteiger partial charge is 0.338 e. The molecule has 1 aromatic carbocycles. The number of nitrogens with one attached hydrogen (secondary N) is 1. The average molecular weight is 298 g/mol. The fraction of sp³-hybridized carbons (Fsp3) is 0.412. The van der Waals surface area contributed by atoms with E-state index in [0.717, 1.165) is 37.3 Å². The first kappa shape index (κ1) is 14.8. The summed E-state index contributed by atoms with van der Waals surface area (Å²) in [6.07, 6.45) is 4.56. The van der Waals surface area contributed by atoms with Crippen LogP contribution in [0.2, 0.25) is 0 Å². The summed E-state index contributed by atoms with van der Waals surface area (Å²) >= 11 is 0. The van der Waals surface area contributed by atoms with Gasteiger partial charge in [0.25, 0.3) is 5.91 Å². The molecular weight excluding hydrogens is 276 g/mol. The van der Waals surface area contributed by atoms with Crippen LogP contribution in [-0.2, 0) is 0 Å². The summed E-state index contributed by atoms with van der Waals surface area (Å²) in [7, 11) is 1.96. The summed E-state index contributed by atoms with van der Waals surface area (Å²) in [5, 5.41) is 7.54. The fourth-order valence-corrected chi connectivity index (χ4v) is 3.04. The summed E-state index contributed by atoms with van der Waals surface area (Å²) in [5.74, 6) is 0.638. The number of rotatable bonds is 4. The van der Waals surface area contributed by atoms with Gasteiger partial charge in [-0.15, -0.1) is 0 Å². The lowest BCUT2D eigenvalue weighted by atomic mass is 10.1. The highest BCUT2D eigenvalue weighted by Crippen LogP contribution is 2.19. The van der Waals surface area contributed by atoms with Gasteiger partial charge in [0.05, 0.1) is 17.4 Å². The number of aromatic nitrogens is 2. The van der Waals surface area contributed by atoms with Gasteiger partial charge in [0.1, 0.15) is 0 Å². The highest BCUT2D eigenvalue weighted by atomic mass is 16.2. The van der Waals surface area contributed by atoms with Gasteiger partial charge in [0.2, 0.25) is 0 Å². The third-order valence-corrected chi connectivity index (χ3v) is 4.26. The fourth-order valence-electron chi connectivity index (χ4n) is 3.04. The van der Waals surface area contributed by atoms with E-state index in [9.17, 15) is 4.79 Å². The van der Waals surface area contributed by atoms with Crippen molar-refractivity contribution in [1.82, 2.24) is 20.0 Å². The number of likely N-dealkylation sites (tertiary alicyclic amines) is 1. The Morgan fingerprint density at radius 1 is 1.41 bits per heavy atom. The van der Waals surface area contributed by atoms with Crippen LogP contribution in [0.3, 0.4) is 0 Å². The number of carbonyl (C=O) groups excluding carboxylic acids is 1. The molecule has 1 fully saturated rings. The Morgan fingerprint density at radius 2 is 2.23 bits per heavy atom. The average Bonchev–Trinajstić information content (AvgIpc) is 3.17. The zero-order chi connectivity index (χ0) is 15.5. The molecule has 0 spiro atoms. The lowest BCUT2D eigenvalue weighted by molar-refractivity contribution is 0.0787. The van der Waals surface area contributed by atoms with Gasteiger partial charge < -0.3 is 10.2 Å². The van der Waals surface area contributed by atoms with E-state index in [4.69, 9.17) is 0 Å². The number of hydrogen-bond donors (Lipinski definition) is 1. The van der Waals surface area contributed by atoms with Gasteiger partial charge in [0.15, 0.2) is 0 Å². The maximum atomic E-state index is 12.6. The van der Waals surface area contributed by atoms with Crippen LogP contribution in [0.1, 0.15) is 22.3 Å². The lowest BCUT2D eigenvalue weighted by Gasteiger charge is -2.15. The molecule has 1 atom stereocenters. The van der Waals surface area contributed by atoms with E-state index in [0.29, 0.717) is 11.5 Å². The van der Waals surface area contributed by atoms with E-state index in [1.165, 1.54) is 0 Å². The second kappa shape index (κ2) is 6.32. The monoisotopic (exact) mass is 298 g/mol. The minimum Gasteiger partial charge on any atom is -0.338 e. The number of para-hydroxylation sites is 1. The molecule has 1 aromatic heterocycles. The molecule has 0 unspecified atom stereocenters. The molecule has 0 aliphatic carbocycles. The minimum atomic E-state index is 0.0819. The van der Waals surface area contributed by atoms with Crippen molar-refractivity contribution in [2.75, 3.05) is 26.7 Å². The Hall–Kier alpha value is -2.14. The maximum absolute atomic E-state index is 12.6. The standard InChI is InChI=1S/C17H22N4O/c1-13-5-3-4-6-16(13)21-12-15(10-19-21)17(22)20-8-7-14(11-20)9-18-2/h3-6,10,12,14,18H,7-9,11H2,1-2H3/t14-/m1/s1. The Balaban J connectivity index is 1.74. The molecule has 22 heavy (non-hydrogen) atoms. The van der Waals surface area contributed by atoms with Crippen LogP contribution in [0, 0.1) is 12.8 Å². The smallest absolute Gasteiger partial charge is 0.257 e. The van der Waals surface area contributed by atoms with Crippen LogP contribution in [-0.4, -0.2) is 47.3 Å². The zero-order valence-corrected chi connectivity index (χ0v) is 13.1. The topological polar surface area (TPSA) is 50.2 Å². The normalized spacial score (nSPS) is 17.9. The second-order valence-electron chi connectivity index (χ2n) is 5.92. The third-order valence-electron chi connectivity index (χ3n) is 4.26. The van der Waals surface area contributed by atoms with Gasteiger partial charge in [-0.05, 0) is 44.5 Å². The first-order chi connectivity index (χ1) is 10.7. The van der Waals surface area contributed by atoms with E-state index in [1.54, 1.807) is 10.9 Å². The number of carbonyl (C=O) groups is 1. The highest BCUT2D eigenvalue weighted by molar-refractivity contribution is 5.94. The molecule has 3 rings (SSSR count). The molecule has 0 bridgehead atoms. The Kier molecular flexibility index (Phi) is 4.24. The van der Waals surface area contributed by atoms with E-state index >= 15 is 0 Å². The van der Waals surface area contributed by atoms with Crippen molar-refractivity contribution in [3.05, 3.63) is 47.8 Å². The van der Waals surface area contributed by atoms with Crippen molar-refractivity contribution in [2.24, 2.45) is 5.92 Å². The molecule has 0 radical (unpaired) electrons. The van der Waals surface area contributed by atoms with Gasteiger partial charge in [0, 0.05) is 19.3 Å². The third kappa shape index (κ3) is 2.90. The summed E-state index contributed by atoms with van der Waals surface area (Å²) < 4.78 is 1.78. The first-order valence-electron chi connectivity index (χ1n) is 7.73. The highest BCUT2D eigenvalue weighted by Gasteiger charge is 2.27. The minimum absolute atomic E-state index is 0.0819. The van der Waals surface area contributed by atoms with E-state index in [-0.39, 0.29) is 5.91 Å². The predicted molar refractivity (Wildman–Crippen MR) is 86.2 cm³/mol. The number of amides is 1. The Bertz CT molecular complexity index is 664. The summed E-state index contributed by atoms with van der Waals surface area (Å²) in [4.78, 5) is 14.5. The molecule has 1 saturated heterocycles. The van der Waals surface area contributed by atoms with Crippen molar-refractivity contribution in [1.29, 1.82) is 0 Å². The molecule has 1 amide bonds. The van der Waals surface area contributed by atoms with Crippen LogP contribution in [0.15, 0.2) is 36.7 Å². The summed E-state index contributed by atoms with van der Waals surface area (Å²) in [6.45, 7) is 4.67. The molecule has 1 aliphatic heterocycles. The molecular formula is C17H22N4O. The van der Waals surface area contributed by atoms with Gasteiger partial charge >= 0.3 is 0 Å². The number of hydrogen-bond acceptors (Lipinski definition) is 3. The molecule has 2 heterocycles. The molecule has 116 valence electrons. The Labute approximate surface area is 130 Å². The van der Waals surface area contributed by atoms with Crippen LogP contribution < -0.4 is 5.32 Å². The number of aryl methyl sites for hydroxylation is 1. The zero-order valence-electron chi connectivity index (χ0n) is 13.1. The SMILES string of the molecule is CNC[C@H]1CCN(C(=O)c2cnn(-c3ccccc3C)c2)C1. The first-order valence-corrected chi connectivity index (χ1v) is 7.73. The van der Waals surface area contributed by atoms with Crippen LogP contribution in [0.4, 0.5) is 0 Å². The van der Waals surface area contributed by atoms with Crippen LogP contribution in [0.5, 0.6) is 0 Å². The molecule has 2 aromatic rings. The number of benzene rings is 1. The van der Waals surface area contributed by atoms with Gasteiger partial charge in [-0.25, -0.2) is 4.68 Å². The quantitative estimate of drug-likeness (QED) is 0.937. The number of nitrogens with zero attached hydrogens (tertiary/aromatic N) is 3. The van der Waals surface area contributed by atoms with Crippen LogP contribution >= 0.6 is 0 Å². The molecule has 5 heteroatoms. The van der Waals surface area contributed by atoms with Gasteiger partial charge in [-0.2, -0.15) is 5.10 Å². The van der Waals surface area contributed by atoms with Crippen molar-refractivity contribution in [3.63, 3.8) is 0 Å². The van der Waals surface area contributed by atoms with Crippen molar-refractivity contribution < 1.29 is 4.79 Å². The predicted octanol–water partition coefficient (Wildman–Crippen LogP) is 1.86. The van der Waals surface area contributed by atoms with Crippen molar-refractivity contribution >= 4 is 5.91 Å². The van der Waals surface area contributed by atoms with Gasteiger partial charge in [-0.3, -0.25) is 4.79 Å². The summed E-state index contributed by atoms with van der Waals surface area (Å²) in [5.41, 5.74) is 2.81. The van der Waals surface area contributed by atoms with E-state index < -0.39 is 0 Å².